The molecule has 0 aliphatic carbocycles. The lowest BCUT2D eigenvalue weighted by molar-refractivity contribution is 0.429. The predicted octanol–water partition coefficient (Wildman–Crippen LogP) is 2.96. The number of allylic oxidation sites excluding steroid dienone is 1. The van der Waals surface area contributed by atoms with E-state index in [0.717, 1.165) is 15.8 Å². The van der Waals surface area contributed by atoms with Gasteiger partial charge >= 0.3 is 5.69 Å². The zero-order valence-electron chi connectivity index (χ0n) is 14.1. The van der Waals surface area contributed by atoms with E-state index in [4.69, 9.17) is 0 Å². The van der Waals surface area contributed by atoms with Crippen LogP contribution >= 0.6 is 0 Å². The molecule has 0 unspecified atom stereocenters. The van der Waals surface area contributed by atoms with E-state index in [0.29, 0.717) is 5.69 Å². The van der Waals surface area contributed by atoms with Crippen LogP contribution in [-0.4, -0.2) is 20.9 Å². The second kappa shape index (κ2) is 7.48. The highest BCUT2D eigenvalue weighted by molar-refractivity contribution is 5.81. The second-order valence-electron chi connectivity index (χ2n) is 5.64. The molecule has 1 aromatic heterocycles. The summed E-state index contributed by atoms with van der Waals surface area (Å²) >= 11 is 0. The number of aryl methyl sites for hydroxylation is 1. The van der Waals surface area contributed by atoms with Crippen molar-refractivity contribution in [3.05, 3.63) is 92.6 Å². The maximum Gasteiger partial charge on any atom is 0.335 e. The molecule has 0 atom stereocenters. The van der Waals surface area contributed by atoms with Gasteiger partial charge in [0.05, 0.1) is 11.4 Å². The Labute approximate surface area is 149 Å². The third kappa shape index (κ3) is 3.70. The molecule has 6 heteroatoms. The summed E-state index contributed by atoms with van der Waals surface area (Å²) < 4.78 is 1.06. The van der Waals surface area contributed by atoms with Crippen molar-refractivity contribution in [2.24, 2.45) is 4.99 Å². The maximum atomic E-state index is 12.1. The fourth-order valence-corrected chi connectivity index (χ4v) is 2.48. The summed E-state index contributed by atoms with van der Waals surface area (Å²) in [5, 5.41) is 10.5. The van der Waals surface area contributed by atoms with Crippen LogP contribution in [0.3, 0.4) is 0 Å². The van der Waals surface area contributed by atoms with Crippen molar-refractivity contribution in [2.75, 3.05) is 0 Å². The Morgan fingerprint density at radius 1 is 1.08 bits per heavy atom. The summed E-state index contributed by atoms with van der Waals surface area (Å²) in [7, 11) is 0. The van der Waals surface area contributed by atoms with Gasteiger partial charge in [-0.15, -0.1) is 0 Å². The summed E-state index contributed by atoms with van der Waals surface area (Å²) in [6.07, 6.45) is 4.45. The number of benzene rings is 2. The molecule has 0 radical (unpaired) electrons. The average molecular weight is 347 g/mol. The first-order chi connectivity index (χ1) is 12.6. The standard InChI is InChI=1S/C20H17N3O3/c1-14-7-5-10-16(13-14)23-19(25)17(18(24)22-20(23)26)11-6-12-21-15-8-3-2-4-9-15/h2-13,25H,1H3,(H,22,24,26)/b11-6-,21-12?. The van der Waals surface area contributed by atoms with E-state index < -0.39 is 17.1 Å². The number of rotatable bonds is 4. The molecule has 130 valence electrons. The number of aromatic amines is 1. The summed E-state index contributed by atoms with van der Waals surface area (Å²) in [5.74, 6) is -0.422. The second-order valence-corrected chi connectivity index (χ2v) is 5.64. The van der Waals surface area contributed by atoms with E-state index >= 15 is 0 Å². The zero-order valence-corrected chi connectivity index (χ0v) is 14.1. The predicted molar refractivity (Wildman–Crippen MR) is 103 cm³/mol. The van der Waals surface area contributed by atoms with Gasteiger partial charge in [0.1, 0.15) is 5.56 Å². The van der Waals surface area contributed by atoms with Crippen LogP contribution in [-0.2, 0) is 0 Å². The van der Waals surface area contributed by atoms with Crippen molar-refractivity contribution >= 4 is 18.0 Å². The van der Waals surface area contributed by atoms with Gasteiger partial charge in [0, 0.05) is 6.21 Å². The van der Waals surface area contributed by atoms with Gasteiger partial charge in [-0.25, -0.2) is 9.36 Å². The van der Waals surface area contributed by atoms with Crippen molar-refractivity contribution in [3.63, 3.8) is 0 Å². The lowest BCUT2D eigenvalue weighted by Gasteiger charge is -2.10. The van der Waals surface area contributed by atoms with Gasteiger partial charge in [-0.1, -0.05) is 30.3 Å². The first-order valence-corrected chi connectivity index (χ1v) is 7.97. The van der Waals surface area contributed by atoms with Crippen LogP contribution in [0.5, 0.6) is 5.88 Å². The van der Waals surface area contributed by atoms with Crippen LogP contribution in [0.15, 0.2) is 75.3 Å². The van der Waals surface area contributed by atoms with Crippen LogP contribution < -0.4 is 11.2 Å². The monoisotopic (exact) mass is 347 g/mol. The third-order valence-electron chi connectivity index (χ3n) is 3.71. The van der Waals surface area contributed by atoms with Crippen molar-refractivity contribution in [2.45, 2.75) is 6.92 Å². The van der Waals surface area contributed by atoms with E-state index in [9.17, 15) is 14.7 Å². The highest BCUT2D eigenvalue weighted by Crippen LogP contribution is 2.18. The Bertz CT molecular complexity index is 1090. The highest BCUT2D eigenvalue weighted by Gasteiger charge is 2.13. The minimum absolute atomic E-state index is 0.0226. The molecular weight excluding hydrogens is 330 g/mol. The van der Waals surface area contributed by atoms with Gasteiger partial charge in [-0.2, -0.15) is 0 Å². The third-order valence-corrected chi connectivity index (χ3v) is 3.71. The van der Waals surface area contributed by atoms with Gasteiger partial charge in [-0.05, 0) is 48.9 Å². The number of nitrogens with one attached hydrogen (secondary N) is 1. The lowest BCUT2D eigenvalue weighted by Crippen LogP contribution is -2.30. The van der Waals surface area contributed by atoms with E-state index in [1.165, 1.54) is 18.4 Å². The summed E-state index contributed by atoms with van der Waals surface area (Å²) in [4.78, 5) is 30.6. The van der Waals surface area contributed by atoms with E-state index in [1.54, 1.807) is 18.2 Å². The Morgan fingerprint density at radius 3 is 2.58 bits per heavy atom. The molecule has 3 rings (SSSR count). The smallest absolute Gasteiger partial charge is 0.335 e. The van der Waals surface area contributed by atoms with Crippen LogP contribution in [0.4, 0.5) is 5.69 Å². The largest absolute Gasteiger partial charge is 0.494 e. The normalized spacial score (nSPS) is 11.4. The van der Waals surface area contributed by atoms with Crippen LogP contribution in [0.1, 0.15) is 11.1 Å². The summed E-state index contributed by atoms with van der Waals surface area (Å²) in [5.41, 5.74) is 0.767. The number of H-pyrrole nitrogens is 1. The molecule has 0 aliphatic rings. The molecule has 0 amide bonds. The Balaban J connectivity index is 1.99. The van der Waals surface area contributed by atoms with E-state index in [-0.39, 0.29) is 5.56 Å². The summed E-state index contributed by atoms with van der Waals surface area (Å²) in [6, 6.07) is 16.4. The topological polar surface area (TPSA) is 87.4 Å². The number of nitrogens with zero attached hydrogens (tertiary/aromatic N) is 2. The fourth-order valence-electron chi connectivity index (χ4n) is 2.48. The molecule has 6 nitrogen and oxygen atoms in total. The van der Waals surface area contributed by atoms with Gasteiger partial charge in [-0.3, -0.25) is 14.8 Å². The molecule has 1 heterocycles. The molecule has 26 heavy (non-hydrogen) atoms. The Hall–Kier alpha value is -3.67. The fraction of sp³-hybridized carbons (Fsp3) is 0.0500. The molecule has 2 aromatic carbocycles. The van der Waals surface area contributed by atoms with Crippen molar-refractivity contribution in [1.29, 1.82) is 0 Å². The molecule has 3 aromatic rings. The molecule has 0 saturated carbocycles. The van der Waals surface area contributed by atoms with Crippen LogP contribution in [0, 0.1) is 6.92 Å². The quantitative estimate of drug-likeness (QED) is 0.711. The Kier molecular flexibility index (Phi) is 4.94. The molecule has 0 aliphatic heterocycles. The van der Waals surface area contributed by atoms with Gasteiger partial charge in [0.25, 0.3) is 5.56 Å². The van der Waals surface area contributed by atoms with Gasteiger partial charge in [0.15, 0.2) is 0 Å². The van der Waals surface area contributed by atoms with Crippen molar-refractivity contribution in [3.8, 4) is 11.6 Å². The molecular formula is C20H17N3O3. The van der Waals surface area contributed by atoms with Gasteiger partial charge in [0.2, 0.25) is 5.88 Å². The number of hydrogen-bond donors (Lipinski definition) is 2. The first-order valence-electron chi connectivity index (χ1n) is 7.97. The SMILES string of the molecule is Cc1cccc(-n2c(O)c(/C=C\C=Nc3ccccc3)c(=O)[nH]c2=O)c1. The molecule has 0 fully saturated rings. The Morgan fingerprint density at radius 2 is 1.85 bits per heavy atom. The molecule has 0 bridgehead atoms. The number of para-hydroxylation sites is 1. The minimum atomic E-state index is -0.701. The first kappa shape index (κ1) is 17.2. The number of aromatic hydroxyl groups is 1. The maximum absolute atomic E-state index is 12.1. The number of aromatic nitrogens is 2. The zero-order chi connectivity index (χ0) is 18.5. The van der Waals surface area contributed by atoms with Crippen molar-refractivity contribution < 1.29 is 5.11 Å². The molecule has 0 saturated heterocycles. The van der Waals surface area contributed by atoms with Crippen LogP contribution in [0.25, 0.3) is 11.8 Å². The minimum Gasteiger partial charge on any atom is -0.494 e. The van der Waals surface area contributed by atoms with Crippen molar-refractivity contribution in [1.82, 2.24) is 9.55 Å². The molecule has 0 spiro atoms. The number of aliphatic imine (C=N–C) groups is 1. The lowest BCUT2D eigenvalue weighted by atomic mass is 10.2. The van der Waals surface area contributed by atoms with Crippen LogP contribution in [0.2, 0.25) is 0 Å². The average Bonchev–Trinajstić information content (AvgIpc) is 2.61. The summed E-state index contributed by atoms with van der Waals surface area (Å²) in [6.45, 7) is 1.87. The van der Waals surface area contributed by atoms with Gasteiger partial charge < -0.3 is 5.11 Å². The van der Waals surface area contributed by atoms with E-state index in [2.05, 4.69) is 9.98 Å². The highest BCUT2D eigenvalue weighted by atomic mass is 16.3. The van der Waals surface area contributed by atoms with E-state index in [1.807, 2.05) is 43.3 Å². The number of hydrogen-bond acceptors (Lipinski definition) is 4. The molecule has 2 N–H and O–H groups in total.